The molecular weight excluding hydrogens is 270 g/mol. The number of nitrogens with zero attached hydrogens (tertiary/aromatic N) is 1. The van der Waals surface area contributed by atoms with Crippen molar-refractivity contribution in [2.45, 2.75) is 50.8 Å². The minimum absolute atomic E-state index is 0.437. The van der Waals surface area contributed by atoms with Gasteiger partial charge in [0.05, 0.1) is 4.90 Å². The van der Waals surface area contributed by atoms with E-state index < -0.39 is 10.0 Å². The van der Waals surface area contributed by atoms with Gasteiger partial charge in [-0.1, -0.05) is 32.4 Å². The lowest BCUT2D eigenvalue weighted by Gasteiger charge is -2.30. The van der Waals surface area contributed by atoms with Crippen LogP contribution in [0.4, 0.5) is 0 Å². The van der Waals surface area contributed by atoms with E-state index in [1.54, 1.807) is 16.4 Å². The maximum absolute atomic E-state index is 12.6. The molecule has 0 N–H and O–H groups in total. The highest BCUT2D eigenvalue weighted by Crippen LogP contribution is 2.23. The van der Waals surface area contributed by atoms with Gasteiger partial charge in [-0.15, -0.1) is 0 Å². The van der Waals surface area contributed by atoms with Crippen molar-refractivity contribution in [2.75, 3.05) is 13.1 Å². The Morgan fingerprint density at radius 2 is 1.95 bits per heavy atom. The molecule has 2 rings (SSSR count). The molecule has 0 aliphatic carbocycles. The molecule has 0 aromatic heterocycles. The molecule has 1 aliphatic heterocycles. The van der Waals surface area contributed by atoms with Crippen molar-refractivity contribution in [2.24, 2.45) is 5.92 Å². The first kappa shape index (κ1) is 15.5. The highest BCUT2D eigenvalue weighted by Gasteiger charge is 2.28. The van der Waals surface area contributed by atoms with Crippen LogP contribution in [0.2, 0.25) is 0 Å². The second-order valence-electron chi connectivity index (χ2n) is 5.86. The summed E-state index contributed by atoms with van der Waals surface area (Å²) in [5, 5.41) is 0. The van der Waals surface area contributed by atoms with E-state index in [9.17, 15) is 8.42 Å². The summed E-state index contributed by atoms with van der Waals surface area (Å²) >= 11 is 0. The van der Waals surface area contributed by atoms with Gasteiger partial charge in [-0.25, -0.2) is 8.42 Å². The summed E-state index contributed by atoms with van der Waals surface area (Å²) in [7, 11) is -3.30. The average molecular weight is 295 g/mol. The second kappa shape index (κ2) is 6.72. The van der Waals surface area contributed by atoms with Crippen LogP contribution in [0.25, 0.3) is 0 Å². The summed E-state index contributed by atoms with van der Waals surface area (Å²) in [5.41, 5.74) is 1.22. The molecule has 112 valence electrons. The Labute approximate surface area is 123 Å². The Balaban J connectivity index is 2.12. The zero-order valence-electron chi connectivity index (χ0n) is 12.5. The first-order valence-corrected chi connectivity index (χ1v) is 9.07. The van der Waals surface area contributed by atoms with E-state index in [2.05, 4.69) is 13.8 Å². The largest absolute Gasteiger partial charge is 0.243 e. The Morgan fingerprint density at radius 1 is 1.25 bits per heavy atom. The summed E-state index contributed by atoms with van der Waals surface area (Å²) in [6.45, 7) is 5.59. The number of sulfonamides is 1. The van der Waals surface area contributed by atoms with Crippen molar-refractivity contribution < 1.29 is 8.42 Å². The third-order valence-electron chi connectivity index (χ3n) is 4.00. The number of hydrogen-bond donors (Lipinski definition) is 0. The SMILES string of the molecule is CCCCc1ccc(S(=O)(=O)N2CCC[C@H](C)C2)cc1. The fraction of sp³-hybridized carbons (Fsp3) is 0.625. The molecule has 0 saturated carbocycles. The predicted molar refractivity (Wildman–Crippen MR) is 82.2 cm³/mol. The van der Waals surface area contributed by atoms with Gasteiger partial charge in [0.25, 0.3) is 0 Å². The highest BCUT2D eigenvalue weighted by atomic mass is 32.2. The number of aryl methyl sites for hydroxylation is 1. The van der Waals surface area contributed by atoms with Crippen LogP contribution in [0.5, 0.6) is 0 Å². The van der Waals surface area contributed by atoms with Gasteiger partial charge in [-0.3, -0.25) is 0 Å². The average Bonchev–Trinajstić information content (AvgIpc) is 2.45. The molecule has 1 aromatic carbocycles. The number of unbranched alkanes of at least 4 members (excludes halogenated alkanes) is 1. The lowest BCUT2D eigenvalue weighted by atomic mass is 10.0. The molecule has 3 nitrogen and oxygen atoms in total. The van der Waals surface area contributed by atoms with Crippen LogP contribution in [-0.2, 0) is 16.4 Å². The Morgan fingerprint density at radius 3 is 2.55 bits per heavy atom. The summed E-state index contributed by atoms with van der Waals surface area (Å²) < 4.78 is 26.8. The maximum Gasteiger partial charge on any atom is 0.243 e. The summed E-state index contributed by atoms with van der Waals surface area (Å²) in [6.07, 6.45) is 5.43. The summed E-state index contributed by atoms with van der Waals surface area (Å²) in [6, 6.07) is 7.44. The van der Waals surface area contributed by atoms with Crippen molar-refractivity contribution in [3.05, 3.63) is 29.8 Å². The molecule has 4 heteroatoms. The number of benzene rings is 1. The van der Waals surface area contributed by atoms with E-state index in [-0.39, 0.29) is 0 Å². The molecular formula is C16H25NO2S. The van der Waals surface area contributed by atoms with E-state index in [1.165, 1.54) is 5.56 Å². The van der Waals surface area contributed by atoms with E-state index in [1.807, 2.05) is 12.1 Å². The van der Waals surface area contributed by atoms with Gasteiger partial charge >= 0.3 is 0 Å². The van der Waals surface area contributed by atoms with Gasteiger partial charge < -0.3 is 0 Å². The van der Waals surface area contributed by atoms with E-state index in [4.69, 9.17) is 0 Å². The smallest absolute Gasteiger partial charge is 0.207 e. The fourth-order valence-corrected chi connectivity index (χ4v) is 4.32. The first-order chi connectivity index (χ1) is 9.54. The molecule has 1 fully saturated rings. The first-order valence-electron chi connectivity index (χ1n) is 7.63. The van der Waals surface area contributed by atoms with Gasteiger partial charge in [-0.2, -0.15) is 4.31 Å². The lowest BCUT2D eigenvalue weighted by Crippen LogP contribution is -2.39. The van der Waals surface area contributed by atoms with Gasteiger partial charge in [0.15, 0.2) is 0 Å². The molecule has 1 atom stereocenters. The minimum Gasteiger partial charge on any atom is -0.207 e. The zero-order chi connectivity index (χ0) is 14.6. The quantitative estimate of drug-likeness (QED) is 0.834. The normalized spacial score (nSPS) is 21.0. The third kappa shape index (κ3) is 3.61. The summed E-state index contributed by atoms with van der Waals surface area (Å²) in [4.78, 5) is 0.437. The molecule has 1 aliphatic rings. The van der Waals surface area contributed by atoms with Gasteiger partial charge in [0, 0.05) is 13.1 Å². The van der Waals surface area contributed by atoms with Crippen molar-refractivity contribution >= 4 is 10.0 Å². The molecule has 0 bridgehead atoms. The second-order valence-corrected chi connectivity index (χ2v) is 7.80. The van der Waals surface area contributed by atoms with Crippen molar-refractivity contribution in [3.63, 3.8) is 0 Å². The topological polar surface area (TPSA) is 37.4 Å². The van der Waals surface area contributed by atoms with E-state index >= 15 is 0 Å². The molecule has 0 amide bonds. The van der Waals surface area contributed by atoms with Crippen LogP contribution in [0, 0.1) is 5.92 Å². The molecule has 0 spiro atoms. The van der Waals surface area contributed by atoms with Crippen LogP contribution in [0.3, 0.4) is 0 Å². The molecule has 20 heavy (non-hydrogen) atoms. The standard InChI is InChI=1S/C16H25NO2S/c1-3-4-7-15-8-10-16(11-9-15)20(18,19)17-12-5-6-14(2)13-17/h8-11,14H,3-7,12-13H2,1-2H3/t14-/m0/s1. The number of piperidine rings is 1. The Kier molecular flexibility index (Phi) is 5.22. The van der Waals surface area contributed by atoms with E-state index in [0.29, 0.717) is 23.9 Å². The monoisotopic (exact) mass is 295 g/mol. The predicted octanol–water partition coefficient (Wildman–Crippen LogP) is 3.45. The maximum atomic E-state index is 12.6. The Bertz CT molecular complexity index is 522. The lowest BCUT2D eigenvalue weighted by molar-refractivity contribution is 0.281. The van der Waals surface area contributed by atoms with Crippen LogP contribution in [-0.4, -0.2) is 25.8 Å². The van der Waals surface area contributed by atoms with Crippen LogP contribution >= 0.6 is 0 Å². The minimum atomic E-state index is -3.30. The number of rotatable bonds is 5. The van der Waals surface area contributed by atoms with Crippen LogP contribution < -0.4 is 0 Å². The van der Waals surface area contributed by atoms with Crippen molar-refractivity contribution in [1.29, 1.82) is 0 Å². The van der Waals surface area contributed by atoms with Crippen molar-refractivity contribution in [1.82, 2.24) is 4.31 Å². The van der Waals surface area contributed by atoms with Crippen LogP contribution in [0.1, 0.15) is 45.1 Å². The summed E-state index contributed by atoms with van der Waals surface area (Å²) in [5.74, 6) is 0.461. The molecule has 1 aromatic rings. The zero-order valence-corrected chi connectivity index (χ0v) is 13.3. The third-order valence-corrected chi connectivity index (χ3v) is 5.88. The van der Waals surface area contributed by atoms with E-state index in [0.717, 1.165) is 32.1 Å². The van der Waals surface area contributed by atoms with Gasteiger partial charge in [-0.05, 0) is 49.3 Å². The van der Waals surface area contributed by atoms with Crippen molar-refractivity contribution in [3.8, 4) is 0 Å². The molecule has 1 saturated heterocycles. The molecule has 0 radical (unpaired) electrons. The number of hydrogen-bond acceptors (Lipinski definition) is 2. The van der Waals surface area contributed by atoms with Gasteiger partial charge in [0.1, 0.15) is 0 Å². The highest BCUT2D eigenvalue weighted by molar-refractivity contribution is 7.89. The Hall–Kier alpha value is -0.870. The molecule has 1 heterocycles. The van der Waals surface area contributed by atoms with Gasteiger partial charge in [0.2, 0.25) is 10.0 Å². The molecule has 0 unspecified atom stereocenters. The van der Waals surface area contributed by atoms with Crippen LogP contribution in [0.15, 0.2) is 29.2 Å². The fourth-order valence-electron chi connectivity index (χ4n) is 2.72.